The number of likely N-dealkylation sites (N-methyl/N-ethyl adjacent to an activating group) is 1. The number of hydrogen-bond acceptors (Lipinski definition) is 6. The summed E-state index contributed by atoms with van der Waals surface area (Å²) in [6.07, 6.45) is 2.33. The zero-order chi connectivity index (χ0) is 14.0. The molecule has 1 heterocycles. The van der Waals surface area contributed by atoms with Gasteiger partial charge in [0, 0.05) is 25.2 Å². The maximum Gasteiger partial charge on any atom is 0.325 e. The van der Waals surface area contributed by atoms with Gasteiger partial charge in [-0.25, -0.2) is 13.1 Å². The van der Waals surface area contributed by atoms with Crippen LogP contribution in [0, 0.1) is 10.1 Å². The van der Waals surface area contributed by atoms with E-state index in [4.69, 9.17) is 0 Å². The molecule has 7 nitrogen and oxygen atoms in total. The van der Waals surface area contributed by atoms with Crippen molar-refractivity contribution in [3.8, 4) is 0 Å². The van der Waals surface area contributed by atoms with Gasteiger partial charge in [0.1, 0.15) is 4.21 Å². The molecule has 1 aromatic heterocycles. The minimum atomic E-state index is -3.64. The Morgan fingerprint density at radius 3 is 2.74 bits per heavy atom. The first-order valence-electron chi connectivity index (χ1n) is 5.84. The van der Waals surface area contributed by atoms with Crippen molar-refractivity contribution in [1.29, 1.82) is 0 Å². The van der Waals surface area contributed by atoms with Crippen LogP contribution in [0.5, 0.6) is 0 Å². The van der Waals surface area contributed by atoms with Gasteiger partial charge in [-0.1, -0.05) is 0 Å². The molecule has 1 aliphatic rings. The molecule has 0 amide bonds. The minimum absolute atomic E-state index is 0.0201. The normalized spacial score (nSPS) is 15.9. The van der Waals surface area contributed by atoms with Crippen molar-refractivity contribution >= 4 is 26.4 Å². The monoisotopic (exact) mass is 305 g/mol. The molecule has 1 N–H and O–H groups in total. The van der Waals surface area contributed by atoms with Crippen molar-refractivity contribution in [3.05, 3.63) is 22.2 Å². The summed E-state index contributed by atoms with van der Waals surface area (Å²) in [6.45, 7) is 0.943. The number of nitrogens with zero attached hydrogens (tertiary/aromatic N) is 2. The molecule has 0 spiro atoms. The summed E-state index contributed by atoms with van der Waals surface area (Å²) < 4.78 is 26.2. The Hall–Kier alpha value is -1.03. The molecule has 0 bridgehead atoms. The standard InChI is InChI=1S/C10H15N3O4S2/c1-12(8-2-3-8)7-6-11-19(16,17)10-5-4-9(18-10)13(14)15/h4-5,8,11H,2-3,6-7H2,1H3. The van der Waals surface area contributed by atoms with Gasteiger partial charge in [-0.15, -0.1) is 0 Å². The van der Waals surface area contributed by atoms with Crippen molar-refractivity contribution in [3.63, 3.8) is 0 Å². The van der Waals surface area contributed by atoms with E-state index in [2.05, 4.69) is 9.62 Å². The second kappa shape index (κ2) is 5.53. The molecule has 0 atom stereocenters. The van der Waals surface area contributed by atoms with Crippen LogP contribution < -0.4 is 4.72 Å². The van der Waals surface area contributed by atoms with Gasteiger partial charge in [0.2, 0.25) is 10.0 Å². The van der Waals surface area contributed by atoms with E-state index < -0.39 is 14.9 Å². The van der Waals surface area contributed by atoms with Crippen molar-refractivity contribution < 1.29 is 13.3 Å². The number of thiophene rings is 1. The second-order valence-corrected chi connectivity index (χ2v) is 7.52. The van der Waals surface area contributed by atoms with E-state index in [1.165, 1.54) is 25.0 Å². The van der Waals surface area contributed by atoms with Gasteiger partial charge in [-0.05, 0) is 37.3 Å². The van der Waals surface area contributed by atoms with E-state index in [0.717, 1.165) is 0 Å². The van der Waals surface area contributed by atoms with Crippen LogP contribution in [-0.2, 0) is 10.0 Å². The summed E-state index contributed by atoms with van der Waals surface area (Å²) in [6, 6.07) is 3.04. The first-order chi connectivity index (χ1) is 8.90. The maximum absolute atomic E-state index is 11.9. The number of nitrogens with one attached hydrogen (secondary N) is 1. The number of nitro groups is 1. The van der Waals surface area contributed by atoms with E-state index in [1.54, 1.807) is 0 Å². The van der Waals surface area contributed by atoms with Crippen LogP contribution >= 0.6 is 11.3 Å². The van der Waals surface area contributed by atoms with Crippen molar-refractivity contribution in [2.45, 2.75) is 23.1 Å². The van der Waals surface area contributed by atoms with Crippen LogP contribution in [0.3, 0.4) is 0 Å². The van der Waals surface area contributed by atoms with Gasteiger partial charge in [0.05, 0.1) is 4.92 Å². The lowest BCUT2D eigenvalue weighted by Crippen LogP contribution is -2.33. The molecule has 0 saturated heterocycles. The third-order valence-corrected chi connectivity index (χ3v) is 5.93. The predicted octanol–water partition coefficient (Wildman–Crippen LogP) is 1.03. The number of sulfonamides is 1. The summed E-state index contributed by atoms with van der Waals surface area (Å²) in [5.74, 6) is 0. The van der Waals surface area contributed by atoms with Gasteiger partial charge < -0.3 is 4.90 Å². The molecule has 1 aromatic rings. The molecule has 0 unspecified atom stereocenters. The van der Waals surface area contributed by atoms with Crippen molar-refractivity contribution in [1.82, 2.24) is 9.62 Å². The molecule has 2 rings (SSSR count). The average Bonchev–Trinajstić information content (AvgIpc) is 3.04. The SMILES string of the molecule is CN(CCNS(=O)(=O)c1ccc([N+](=O)[O-])s1)C1CC1. The second-order valence-electron chi connectivity index (χ2n) is 4.46. The van der Waals surface area contributed by atoms with Crippen molar-refractivity contribution in [2.75, 3.05) is 20.1 Å². The summed E-state index contributed by atoms with van der Waals surface area (Å²) in [5.41, 5.74) is 0. The highest BCUT2D eigenvalue weighted by atomic mass is 32.2. The van der Waals surface area contributed by atoms with Gasteiger partial charge in [0.25, 0.3) is 0 Å². The Morgan fingerprint density at radius 1 is 1.53 bits per heavy atom. The molecular formula is C10H15N3O4S2. The molecule has 0 aromatic carbocycles. The minimum Gasteiger partial charge on any atom is -0.302 e. The van der Waals surface area contributed by atoms with Gasteiger partial charge in [-0.3, -0.25) is 10.1 Å². The molecule has 0 aliphatic heterocycles. The Kier molecular flexibility index (Phi) is 4.19. The topological polar surface area (TPSA) is 92.6 Å². The Balaban J connectivity index is 1.91. The maximum atomic E-state index is 11.9. The first-order valence-corrected chi connectivity index (χ1v) is 8.14. The molecule has 0 radical (unpaired) electrons. The van der Waals surface area contributed by atoms with E-state index in [9.17, 15) is 18.5 Å². The molecule has 19 heavy (non-hydrogen) atoms. The Bertz CT molecular complexity index is 565. The zero-order valence-electron chi connectivity index (χ0n) is 10.4. The summed E-state index contributed by atoms with van der Waals surface area (Å²) >= 11 is 0.662. The van der Waals surface area contributed by atoms with Crippen LogP contribution in [0.1, 0.15) is 12.8 Å². The van der Waals surface area contributed by atoms with Crippen LogP contribution in [0.25, 0.3) is 0 Å². The van der Waals surface area contributed by atoms with E-state index in [1.807, 2.05) is 7.05 Å². The fourth-order valence-corrected chi connectivity index (χ4v) is 3.85. The smallest absolute Gasteiger partial charge is 0.302 e. The average molecular weight is 305 g/mol. The fraction of sp³-hybridized carbons (Fsp3) is 0.600. The number of rotatable bonds is 7. The summed E-state index contributed by atoms with van der Waals surface area (Å²) in [4.78, 5) is 12.0. The fourth-order valence-electron chi connectivity index (χ4n) is 1.68. The first kappa shape index (κ1) is 14.4. The van der Waals surface area contributed by atoms with Crippen LogP contribution in [0.15, 0.2) is 16.3 Å². The quantitative estimate of drug-likeness (QED) is 0.600. The number of hydrogen-bond donors (Lipinski definition) is 1. The van der Waals surface area contributed by atoms with Crippen molar-refractivity contribution in [2.24, 2.45) is 0 Å². The highest BCUT2D eigenvalue weighted by Gasteiger charge is 2.26. The van der Waals surface area contributed by atoms with Gasteiger partial charge >= 0.3 is 5.00 Å². The molecular weight excluding hydrogens is 290 g/mol. The molecule has 106 valence electrons. The van der Waals surface area contributed by atoms with Crippen LogP contribution in [0.4, 0.5) is 5.00 Å². The zero-order valence-corrected chi connectivity index (χ0v) is 12.0. The van der Waals surface area contributed by atoms with E-state index >= 15 is 0 Å². The molecule has 9 heteroatoms. The van der Waals surface area contributed by atoms with E-state index in [-0.39, 0.29) is 9.21 Å². The third kappa shape index (κ3) is 3.72. The predicted molar refractivity (Wildman–Crippen MR) is 71.8 cm³/mol. The third-order valence-electron chi connectivity index (χ3n) is 2.94. The molecule has 1 saturated carbocycles. The highest BCUT2D eigenvalue weighted by molar-refractivity contribution is 7.91. The lowest BCUT2D eigenvalue weighted by atomic mass is 10.5. The van der Waals surface area contributed by atoms with Crippen LogP contribution in [0.2, 0.25) is 0 Å². The molecule has 1 aliphatic carbocycles. The molecule has 1 fully saturated rings. The highest BCUT2D eigenvalue weighted by Crippen LogP contribution is 2.27. The lowest BCUT2D eigenvalue weighted by molar-refractivity contribution is -0.380. The largest absolute Gasteiger partial charge is 0.325 e. The lowest BCUT2D eigenvalue weighted by Gasteiger charge is -2.15. The Labute approximate surface area is 115 Å². The summed E-state index contributed by atoms with van der Waals surface area (Å²) in [5, 5.41) is 10.3. The van der Waals surface area contributed by atoms with Gasteiger partial charge in [0.15, 0.2) is 0 Å². The Morgan fingerprint density at radius 2 is 2.21 bits per heavy atom. The summed E-state index contributed by atoms with van der Waals surface area (Å²) in [7, 11) is -1.68. The van der Waals surface area contributed by atoms with Gasteiger partial charge in [-0.2, -0.15) is 0 Å². The van der Waals surface area contributed by atoms with E-state index in [0.29, 0.717) is 30.5 Å². The van der Waals surface area contributed by atoms with Crippen LogP contribution in [-0.4, -0.2) is 44.4 Å².